The first-order valence-corrected chi connectivity index (χ1v) is 15.0. The molecule has 2 aromatic carbocycles. The first-order valence-electron chi connectivity index (χ1n) is 13.1. The Morgan fingerprint density at radius 2 is 1.61 bits per heavy atom. The number of amides is 2. The van der Waals surface area contributed by atoms with Gasteiger partial charge in [0.1, 0.15) is 11.8 Å². The van der Waals surface area contributed by atoms with Gasteiger partial charge in [-0.05, 0) is 77.3 Å². The molecule has 0 heterocycles. The first kappa shape index (κ1) is 31.1. The number of nitrogens with one attached hydrogen (secondary N) is 1. The van der Waals surface area contributed by atoms with Crippen LogP contribution < -0.4 is 14.4 Å². The SMILES string of the molecule is CCOc1ccc(N(CCCC(=O)N(Cc2ccc(C)cc2)[C@@H](CC)C(=O)NC(C)(C)C)S(C)(=O)=O)cc1. The summed E-state index contributed by atoms with van der Waals surface area (Å²) in [7, 11) is -3.57. The highest BCUT2D eigenvalue weighted by Gasteiger charge is 2.30. The number of aryl methyl sites for hydroxylation is 1. The van der Waals surface area contributed by atoms with E-state index < -0.39 is 21.6 Å². The Hall–Kier alpha value is -3.07. The molecule has 0 bridgehead atoms. The van der Waals surface area contributed by atoms with Crippen molar-refractivity contribution in [3.8, 4) is 5.75 Å². The molecule has 0 aliphatic rings. The molecule has 0 unspecified atom stereocenters. The predicted octanol–water partition coefficient (Wildman–Crippen LogP) is 4.66. The van der Waals surface area contributed by atoms with Gasteiger partial charge in [-0.1, -0.05) is 36.8 Å². The number of carbonyl (C=O) groups excluding carboxylic acids is 2. The molecule has 8 nitrogen and oxygen atoms in total. The van der Waals surface area contributed by atoms with Crippen LogP contribution in [0.15, 0.2) is 48.5 Å². The van der Waals surface area contributed by atoms with Crippen LogP contribution in [0.25, 0.3) is 0 Å². The minimum atomic E-state index is -3.57. The Balaban J connectivity index is 2.21. The summed E-state index contributed by atoms with van der Waals surface area (Å²) in [6.07, 6.45) is 2.02. The Labute approximate surface area is 228 Å². The molecule has 0 saturated heterocycles. The fourth-order valence-electron chi connectivity index (χ4n) is 4.14. The van der Waals surface area contributed by atoms with Crippen molar-refractivity contribution >= 4 is 27.5 Å². The summed E-state index contributed by atoms with van der Waals surface area (Å²) < 4.78 is 31.8. The Morgan fingerprint density at radius 1 is 1.00 bits per heavy atom. The van der Waals surface area contributed by atoms with E-state index in [1.807, 2.05) is 65.8 Å². The molecule has 38 heavy (non-hydrogen) atoms. The van der Waals surface area contributed by atoms with Gasteiger partial charge in [0, 0.05) is 25.0 Å². The van der Waals surface area contributed by atoms with Crippen molar-refractivity contribution < 1.29 is 22.7 Å². The van der Waals surface area contributed by atoms with Gasteiger partial charge in [0.15, 0.2) is 0 Å². The molecule has 1 atom stereocenters. The third-order valence-corrected chi connectivity index (χ3v) is 7.14. The minimum absolute atomic E-state index is 0.105. The lowest BCUT2D eigenvalue weighted by atomic mass is 10.0. The summed E-state index contributed by atoms with van der Waals surface area (Å²) in [5.41, 5.74) is 2.12. The zero-order chi connectivity index (χ0) is 28.5. The molecule has 0 spiro atoms. The number of anilines is 1. The molecular formula is C29H43N3O5S. The maximum absolute atomic E-state index is 13.5. The molecule has 0 radical (unpaired) electrons. The third kappa shape index (κ3) is 9.67. The number of nitrogens with zero attached hydrogens (tertiary/aromatic N) is 2. The molecule has 0 fully saturated rings. The number of hydrogen-bond donors (Lipinski definition) is 1. The molecule has 0 aromatic heterocycles. The van der Waals surface area contributed by atoms with Crippen molar-refractivity contribution in [2.75, 3.05) is 23.7 Å². The molecule has 1 N–H and O–H groups in total. The fraction of sp³-hybridized carbons (Fsp3) is 0.517. The zero-order valence-electron chi connectivity index (χ0n) is 23.8. The highest BCUT2D eigenvalue weighted by molar-refractivity contribution is 7.92. The monoisotopic (exact) mass is 545 g/mol. The van der Waals surface area contributed by atoms with Crippen molar-refractivity contribution in [2.45, 2.75) is 78.9 Å². The molecule has 0 saturated carbocycles. The van der Waals surface area contributed by atoms with Crippen LogP contribution in [-0.2, 0) is 26.2 Å². The number of ether oxygens (including phenoxy) is 1. The van der Waals surface area contributed by atoms with E-state index in [1.54, 1.807) is 29.2 Å². The van der Waals surface area contributed by atoms with E-state index in [2.05, 4.69) is 5.32 Å². The van der Waals surface area contributed by atoms with Gasteiger partial charge < -0.3 is 15.0 Å². The second-order valence-corrected chi connectivity index (χ2v) is 12.4. The molecular weight excluding hydrogens is 502 g/mol. The van der Waals surface area contributed by atoms with Crippen LogP contribution >= 0.6 is 0 Å². The summed E-state index contributed by atoms with van der Waals surface area (Å²) in [5, 5.41) is 3.00. The van der Waals surface area contributed by atoms with Gasteiger partial charge in [-0.2, -0.15) is 0 Å². The Morgan fingerprint density at radius 3 is 2.11 bits per heavy atom. The maximum atomic E-state index is 13.5. The first-order chi connectivity index (χ1) is 17.7. The van der Waals surface area contributed by atoms with Gasteiger partial charge in [0.25, 0.3) is 0 Å². The lowest BCUT2D eigenvalue weighted by Gasteiger charge is -2.33. The van der Waals surface area contributed by atoms with Gasteiger partial charge in [0.2, 0.25) is 21.8 Å². The quantitative estimate of drug-likeness (QED) is 0.395. The lowest BCUT2D eigenvalue weighted by Crippen LogP contribution is -2.53. The molecule has 0 aliphatic carbocycles. The van der Waals surface area contributed by atoms with E-state index in [9.17, 15) is 18.0 Å². The molecule has 9 heteroatoms. The van der Waals surface area contributed by atoms with E-state index in [4.69, 9.17) is 4.74 Å². The average molecular weight is 546 g/mol. The molecule has 2 aromatic rings. The largest absolute Gasteiger partial charge is 0.494 e. The normalized spacial score (nSPS) is 12.5. The second-order valence-electron chi connectivity index (χ2n) is 10.5. The predicted molar refractivity (Wildman–Crippen MR) is 153 cm³/mol. The van der Waals surface area contributed by atoms with E-state index in [0.717, 1.165) is 17.4 Å². The number of hydrogen-bond acceptors (Lipinski definition) is 5. The van der Waals surface area contributed by atoms with E-state index in [1.165, 1.54) is 4.31 Å². The van der Waals surface area contributed by atoms with Crippen molar-refractivity contribution in [3.63, 3.8) is 0 Å². The smallest absolute Gasteiger partial charge is 0.243 e. The van der Waals surface area contributed by atoms with Crippen molar-refractivity contribution in [3.05, 3.63) is 59.7 Å². The summed E-state index contributed by atoms with van der Waals surface area (Å²) in [6, 6.07) is 14.1. The van der Waals surface area contributed by atoms with Crippen LogP contribution in [0.4, 0.5) is 5.69 Å². The van der Waals surface area contributed by atoms with E-state index in [0.29, 0.717) is 37.4 Å². The third-order valence-electron chi connectivity index (χ3n) is 5.95. The average Bonchev–Trinajstić information content (AvgIpc) is 2.82. The minimum Gasteiger partial charge on any atom is -0.494 e. The number of benzene rings is 2. The van der Waals surface area contributed by atoms with Gasteiger partial charge in [-0.25, -0.2) is 8.42 Å². The Kier molecular flexibility index (Phi) is 11.2. The Bertz CT molecular complexity index is 1160. The molecule has 0 aliphatic heterocycles. The topological polar surface area (TPSA) is 96.0 Å². The van der Waals surface area contributed by atoms with Gasteiger partial charge in [0.05, 0.1) is 18.6 Å². The van der Waals surface area contributed by atoms with Gasteiger partial charge in [-0.15, -0.1) is 0 Å². The fourth-order valence-corrected chi connectivity index (χ4v) is 5.11. The standard InChI is InChI=1S/C29H43N3O5S/c1-8-26(28(34)30-29(4,5)6)31(21-23-14-12-22(3)13-15-23)27(33)11-10-20-32(38(7,35)36)24-16-18-25(19-17-24)37-9-2/h12-19,26H,8-11,20-21H2,1-7H3,(H,30,34)/t26-/m0/s1. The summed E-state index contributed by atoms with van der Waals surface area (Å²) in [4.78, 5) is 28.3. The molecule has 2 rings (SSSR count). The van der Waals surface area contributed by atoms with Crippen molar-refractivity contribution in [2.24, 2.45) is 0 Å². The van der Waals surface area contributed by atoms with Crippen LogP contribution in [0.1, 0.15) is 65.0 Å². The number of carbonyl (C=O) groups is 2. The molecule has 210 valence electrons. The van der Waals surface area contributed by atoms with E-state index >= 15 is 0 Å². The van der Waals surface area contributed by atoms with Crippen LogP contribution in [-0.4, -0.2) is 56.1 Å². The van der Waals surface area contributed by atoms with Gasteiger partial charge >= 0.3 is 0 Å². The lowest BCUT2D eigenvalue weighted by molar-refractivity contribution is -0.142. The van der Waals surface area contributed by atoms with E-state index in [-0.39, 0.29) is 24.8 Å². The summed E-state index contributed by atoms with van der Waals surface area (Å²) in [6.45, 7) is 12.4. The van der Waals surface area contributed by atoms with Crippen LogP contribution in [0.3, 0.4) is 0 Å². The summed E-state index contributed by atoms with van der Waals surface area (Å²) in [5.74, 6) is 0.264. The second kappa shape index (κ2) is 13.6. The van der Waals surface area contributed by atoms with Crippen molar-refractivity contribution in [1.82, 2.24) is 10.2 Å². The maximum Gasteiger partial charge on any atom is 0.243 e. The highest BCUT2D eigenvalue weighted by Crippen LogP contribution is 2.23. The highest BCUT2D eigenvalue weighted by atomic mass is 32.2. The van der Waals surface area contributed by atoms with Crippen LogP contribution in [0.5, 0.6) is 5.75 Å². The van der Waals surface area contributed by atoms with Crippen molar-refractivity contribution in [1.29, 1.82) is 0 Å². The number of sulfonamides is 1. The number of rotatable bonds is 13. The summed E-state index contributed by atoms with van der Waals surface area (Å²) >= 11 is 0. The van der Waals surface area contributed by atoms with Gasteiger partial charge in [-0.3, -0.25) is 13.9 Å². The molecule has 2 amide bonds. The van der Waals surface area contributed by atoms with Crippen LogP contribution in [0, 0.1) is 6.92 Å². The van der Waals surface area contributed by atoms with Crippen LogP contribution in [0.2, 0.25) is 0 Å². The zero-order valence-corrected chi connectivity index (χ0v) is 24.6.